The maximum absolute atomic E-state index is 11.3. The molecule has 0 saturated carbocycles. The molecule has 2 heterocycles. The van der Waals surface area contributed by atoms with Crippen LogP contribution in [0.2, 0.25) is 0 Å². The zero-order valence-electron chi connectivity index (χ0n) is 11.1. The highest BCUT2D eigenvalue weighted by molar-refractivity contribution is 5.86. The van der Waals surface area contributed by atoms with Gasteiger partial charge in [-0.25, -0.2) is 14.8 Å². The zero-order chi connectivity index (χ0) is 13.1. The Morgan fingerprint density at radius 2 is 2.11 bits per heavy atom. The minimum Gasteiger partial charge on any atom is -0.464 e. The number of rotatable bonds is 2. The summed E-state index contributed by atoms with van der Waals surface area (Å²) in [5.41, 5.74) is 0.249. The molecule has 0 bridgehead atoms. The van der Waals surface area contributed by atoms with Gasteiger partial charge in [0.15, 0.2) is 5.69 Å². The number of piperidine rings is 1. The SMILES string of the molecule is COC(=O)c1cnc(N2CC(C)CCC2C)cn1. The number of ether oxygens (including phenoxy) is 1. The average Bonchev–Trinajstić information content (AvgIpc) is 2.41. The van der Waals surface area contributed by atoms with Gasteiger partial charge in [-0.1, -0.05) is 6.92 Å². The van der Waals surface area contributed by atoms with Crippen molar-refractivity contribution >= 4 is 11.8 Å². The van der Waals surface area contributed by atoms with Gasteiger partial charge in [0, 0.05) is 12.6 Å². The summed E-state index contributed by atoms with van der Waals surface area (Å²) in [4.78, 5) is 22.0. The lowest BCUT2D eigenvalue weighted by Gasteiger charge is -2.37. The van der Waals surface area contributed by atoms with Crippen LogP contribution >= 0.6 is 0 Å². The van der Waals surface area contributed by atoms with Gasteiger partial charge in [-0.05, 0) is 25.7 Å². The molecule has 1 aromatic heterocycles. The Morgan fingerprint density at radius 3 is 2.72 bits per heavy atom. The van der Waals surface area contributed by atoms with Crippen molar-refractivity contribution in [2.24, 2.45) is 5.92 Å². The monoisotopic (exact) mass is 249 g/mol. The predicted octanol–water partition coefficient (Wildman–Crippen LogP) is 1.89. The Morgan fingerprint density at radius 1 is 1.33 bits per heavy atom. The van der Waals surface area contributed by atoms with Crippen LogP contribution in [-0.2, 0) is 4.74 Å². The number of anilines is 1. The molecule has 0 N–H and O–H groups in total. The molecule has 1 fully saturated rings. The van der Waals surface area contributed by atoms with Gasteiger partial charge < -0.3 is 9.64 Å². The summed E-state index contributed by atoms with van der Waals surface area (Å²) < 4.78 is 4.60. The summed E-state index contributed by atoms with van der Waals surface area (Å²) in [5.74, 6) is 1.05. The molecule has 0 aromatic carbocycles. The molecule has 2 unspecified atom stereocenters. The molecule has 1 aliphatic heterocycles. The van der Waals surface area contributed by atoms with E-state index in [4.69, 9.17) is 0 Å². The molecule has 18 heavy (non-hydrogen) atoms. The largest absolute Gasteiger partial charge is 0.464 e. The van der Waals surface area contributed by atoms with Crippen molar-refractivity contribution in [2.45, 2.75) is 32.7 Å². The molecule has 98 valence electrons. The van der Waals surface area contributed by atoms with Crippen LogP contribution in [0.25, 0.3) is 0 Å². The van der Waals surface area contributed by atoms with Crippen LogP contribution in [0.3, 0.4) is 0 Å². The number of methoxy groups -OCH3 is 1. The first-order chi connectivity index (χ1) is 8.61. The fourth-order valence-electron chi connectivity index (χ4n) is 2.29. The van der Waals surface area contributed by atoms with Gasteiger partial charge in [-0.2, -0.15) is 0 Å². The van der Waals surface area contributed by atoms with Crippen molar-refractivity contribution in [2.75, 3.05) is 18.6 Å². The number of hydrogen-bond acceptors (Lipinski definition) is 5. The number of nitrogens with zero attached hydrogens (tertiary/aromatic N) is 3. The number of esters is 1. The van der Waals surface area contributed by atoms with E-state index in [1.165, 1.54) is 26.1 Å². The van der Waals surface area contributed by atoms with E-state index in [9.17, 15) is 4.79 Å². The van der Waals surface area contributed by atoms with Gasteiger partial charge in [0.1, 0.15) is 5.82 Å². The van der Waals surface area contributed by atoms with Crippen molar-refractivity contribution in [1.29, 1.82) is 0 Å². The molecule has 0 radical (unpaired) electrons. The minimum absolute atomic E-state index is 0.249. The first kappa shape index (κ1) is 12.8. The second kappa shape index (κ2) is 5.33. The normalized spacial score (nSPS) is 23.8. The summed E-state index contributed by atoms with van der Waals surface area (Å²) in [5, 5.41) is 0. The highest BCUT2D eigenvalue weighted by Gasteiger charge is 2.24. The summed E-state index contributed by atoms with van der Waals surface area (Å²) in [6, 6.07) is 0.472. The number of hydrogen-bond donors (Lipinski definition) is 0. The van der Waals surface area contributed by atoms with Crippen molar-refractivity contribution in [3.05, 3.63) is 18.1 Å². The first-order valence-corrected chi connectivity index (χ1v) is 6.28. The maximum Gasteiger partial charge on any atom is 0.358 e. The molecule has 2 atom stereocenters. The van der Waals surface area contributed by atoms with E-state index in [1.54, 1.807) is 6.20 Å². The third-order valence-corrected chi connectivity index (χ3v) is 3.44. The fraction of sp³-hybridized carbons (Fsp3) is 0.615. The summed E-state index contributed by atoms with van der Waals surface area (Å²) in [7, 11) is 1.34. The van der Waals surface area contributed by atoms with Crippen LogP contribution in [0, 0.1) is 5.92 Å². The van der Waals surface area contributed by atoms with Gasteiger partial charge in [0.25, 0.3) is 0 Å². The van der Waals surface area contributed by atoms with Gasteiger partial charge in [0.05, 0.1) is 19.5 Å². The van der Waals surface area contributed by atoms with Crippen LogP contribution in [0.4, 0.5) is 5.82 Å². The van der Waals surface area contributed by atoms with E-state index in [0.29, 0.717) is 12.0 Å². The predicted molar refractivity (Wildman–Crippen MR) is 68.6 cm³/mol. The van der Waals surface area contributed by atoms with Gasteiger partial charge >= 0.3 is 5.97 Å². The second-order valence-electron chi connectivity index (χ2n) is 4.94. The lowest BCUT2D eigenvalue weighted by atomic mass is 9.95. The third-order valence-electron chi connectivity index (χ3n) is 3.44. The summed E-state index contributed by atoms with van der Waals surface area (Å²) in [6.45, 7) is 5.43. The average molecular weight is 249 g/mol. The maximum atomic E-state index is 11.3. The molecule has 5 heteroatoms. The molecule has 0 aliphatic carbocycles. The molecule has 1 saturated heterocycles. The first-order valence-electron chi connectivity index (χ1n) is 6.28. The van der Waals surface area contributed by atoms with Crippen molar-refractivity contribution in [3.8, 4) is 0 Å². The fourth-order valence-corrected chi connectivity index (χ4v) is 2.29. The topological polar surface area (TPSA) is 55.3 Å². The van der Waals surface area contributed by atoms with E-state index in [0.717, 1.165) is 12.4 Å². The Hall–Kier alpha value is -1.65. The molecule has 1 aliphatic rings. The Balaban J connectivity index is 2.15. The lowest BCUT2D eigenvalue weighted by molar-refractivity contribution is 0.0593. The number of carbonyl (C=O) groups excluding carboxylic acids is 1. The van der Waals surface area contributed by atoms with Gasteiger partial charge in [0.2, 0.25) is 0 Å². The van der Waals surface area contributed by atoms with Crippen molar-refractivity contribution in [3.63, 3.8) is 0 Å². The molecule has 2 rings (SSSR count). The Bertz CT molecular complexity index is 419. The highest BCUT2D eigenvalue weighted by Crippen LogP contribution is 2.25. The molecular weight excluding hydrogens is 230 g/mol. The van der Waals surface area contributed by atoms with E-state index in [2.05, 4.69) is 33.5 Å². The molecule has 0 amide bonds. The second-order valence-corrected chi connectivity index (χ2v) is 4.94. The van der Waals surface area contributed by atoms with Crippen LogP contribution in [0.5, 0.6) is 0 Å². The van der Waals surface area contributed by atoms with Crippen molar-refractivity contribution < 1.29 is 9.53 Å². The van der Waals surface area contributed by atoms with Crippen LogP contribution in [0.15, 0.2) is 12.4 Å². The van der Waals surface area contributed by atoms with E-state index in [1.807, 2.05) is 0 Å². The smallest absolute Gasteiger partial charge is 0.358 e. The molecule has 1 aromatic rings. The summed E-state index contributed by atoms with van der Waals surface area (Å²) in [6.07, 6.45) is 5.56. The lowest BCUT2D eigenvalue weighted by Crippen LogP contribution is -2.41. The summed E-state index contributed by atoms with van der Waals surface area (Å²) >= 11 is 0. The van der Waals surface area contributed by atoms with Gasteiger partial charge in [-0.3, -0.25) is 0 Å². The molecular formula is C13H19N3O2. The van der Waals surface area contributed by atoms with Crippen molar-refractivity contribution in [1.82, 2.24) is 9.97 Å². The Kier molecular flexibility index (Phi) is 3.79. The van der Waals surface area contributed by atoms with Crippen LogP contribution in [0.1, 0.15) is 37.2 Å². The minimum atomic E-state index is -0.450. The number of aromatic nitrogens is 2. The standard InChI is InChI=1S/C13H19N3O2/c1-9-4-5-10(2)16(8-9)12-7-14-11(6-15-12)13(17)18-3/h6-7,9-10H,4-5,8H2,1-3H3. The number of carbonyl (C=O) groups is 1. The third kappa shape index (κ3) is 2.60. The molecule has 0 spiro atoms. The quantitative estimate of drug-likeness (QED) is 0.749. The van der Waals surface area contributed by atoms with Gasteiger partial charge in [-0.15, -0.1) is 0 Å². The zero-order valence-corrected chi connectivity index (χ0v) is 11.1. The Labute approximate surface area is 107 Å². The molecule has 5 nitrogen and oxygen atoms in total. The van der Waals surface area contributed by atoms with E-state index < -0.39 is 5.97 Å². The van der Waals surface area contributed by atoms with E-state index in [-0.39, 0.29) is 5.69 Å². The van der Waals surface area contributed by atoms with E-state index >= 15 is 0 Å². The van der Waals surface area contributed by atoms with Crippen LogP contribution < -0.4 is 4.90 Å². The van der Waals surface area contributed by atoms with Crippen LogP contribution in [-0.4, -0.2) is 35.6 Å². The highest BCUT2D eigenvalue weighted by atomic mass is 16.5.